The molecule has 0 fully saturated rings. The molecule has 2 rings (SSSR count). The van der Waals surface area contributed by atoms with Gasteiger partial charge >= 0.3 is 0 Å². The third-order valence-corrected chi connectivity index (χ3v) is 3.32. The number of benzene rings is 1. The van der Waals surface area contributed by atoms with Crippen LogP contribution >= 0.6 is 0 Å². The molecule has 1 N–H and O–H groups in total. The molecule has 0 bridgehead atoms. The molecule has 1 heteroatoms. The molecule has 0 saturated carbocycles. The molecule has 1 aromatic carbocycles. The first-order valence-corrected chi connectivity index (χ1v) is 5.69. The number of hydrogen-bond acceptors (Lipinski definition) is 1. The van der Waals surface area contributed by atoms with Gasteiger partial charge in [0, 0.05) is 12.6 Å². The maximum absolute atomic E-state index is 3.63. The topological polar surface area (TPSA) is 12.0 Å². The molecule has 0 amide bonds. The molecule has 1 aromatic rings. The van der Waals surface area contributed by atoms with Gasteiger partial charge in [-0.1, -0.05) is 38.1 Å². The number of hydrogen-bond donors (Lipinski definition) is 1. The maximum Gasteiger partial charge on any atom is 0.0320 e. The van der Waals surface area contributed by atoms with Crippen LogP contribution in [0.5, 0.6) is 0 Å². The van der Waals surface area contributed by atoms with E-state index in [0.717, 1.165) is 6.54 Å². The first-order valence-electron chi connectivity index (χ1n) is 5.69. The summed E-state index contributed by atoms with van der Waals surface area (Å²) in [5.41, 5.74) is 3.09. The van der Waals surface area contributed by atoms with Gasteiger partial charge < -0.3 is 5.32 Å². The van der Waals surface area contributed by atoms with Gasteiger partial charge in [-0.25, -0.2) is 0 Å². The van der Waals surface area contributed by atoms with Crippen LogP contribution in [-0.4, -0.2) is 6.54 Å². The van der Waals surface area contributed by atoms with Crippen molar-refractivity contribution in [3.8, 4) is 0 Å². The van der Waals surface area contributed by atoms with Crippen LogP contribution in [0, 0.1) is 0 Å². The number of nitrogens with one attached hydrogen (secondary N) is 1. The normalized spacial score (nSPS) is 25.9. The highest BCUT2D eigenvalue weighted by Gasteiger charge is 2.23. The van der Waals surface area contributed by atoms with Crippen molar-refractivity contribution in [3.63, 3.8) is 0 Å². The van der Waals surface area contributed by atoms with Crippen molar-refractivity contribution in [2.24, 2.45) is 0 Å². The van der Waals surface area contributed by atoms with Gasteiger partial charge in [-0.2, -0.15) is 0 Å². The number of rotatable bonds is 2. The fourth-order valence-electron chi connectivity index (χ4n) is 2.43. The number of fused-ring (bicyclic) bond motifs is 1. The monoisotopic (exact) mass is 189 g/mol. The Morgan fingerprint density at radius 3 is 2.50 bits per heavy atom. The van der Waals surface area contributed by atoms with Crippen molar-refractivity contribution < 1.29 is 0 Å². The minimum absolute atomic E-state index is 0.578. The molecular formula is C13H19N. The summed E-state index contributed by atoms with van der Waals surface area (Å²) in [6.45, 7) is 5.67. The van der Waals surface area contributed by atoms with E-state index in [1.807, 2.05) is 0 Å². The summed E-state index contributed by atoms with van der Waals surface area (Å²) in [5, 5.41) is 3.63. The quantitative estimate of drug-likeness (QED) is 0.753. The van der Waals surface area contributed by atoms with E-state index in [9.17, 15) is 0 Å². The Kier molecular flexibility index (Phi) is 2.87. The van der Waals surface area contributed by atoms with Crippen LogP contribution in [-0.2, 0) is 0 Å². The fourth-order valence-corrected chi connectivity index (χ4v) is 2.43. The third-order valence-electron chi connectivity index (χ3n) is 3.32. The van der Waals surface area contributed by atoms with E-state index < -0.39 is 0 Å². The lowest BCUT2D eigenvalue weighted by atomic mass is 9.84. The van der Waals surface area contributed by atoms with Crippen molar-refractivity contribution in [2.45, 2.75) is 38.6 Å². The molecule has 1 heterocycles. The van der Waals surface area contributed by atoms with Gasteiger partial charge in [0.2, 0.25) is 0 Å². The van der Waals surface area contributed by atoms with E-state index in [0.29, 0.717) is 12.0 Å². The van der Waals surface area contributed by atoms with Crippen LogP contribution < -0.4 is 5.32 Å². The molecule has 0 aromatic heterocycles. The highest BCUT2D eigenvalue weighted by atomic mass is 14.9. The molecule has 0 saturated heterocycles. The molecule has 0 aliphatic carbocycles. The van der Waals surface area contributed by atoms with Crippen molar-refractivity contribution in [2.75, 3.05) is 6.54 Å². The molecule has 0 radical (unpaired) electrons. The smallest absolute Gasteiger partial charge is 0.0320 e. The molecule has 2 atom stereocenters. The SMILES string of the molecule is CCC1CNC(CC)c2ccccc21. The minimum atomic E-state index is 0.578. The van der Waals surface area contributed by atoms with Gasteiger partial charge in [-0.15, -0.1) is 0 Å². The van der Waals surface area contributed by atoms with Crippen molar-refractivity contribution in [1.82, 2.24) is 5.32 Å². The molecule has 14 heavy (non-hydrogen) atoms. The van der Waals surface area contributed by atoms with Crippen molar-refractivity contribution >= 4 is 0 Å². The first-order chi connectivity index (χ1) is 6.86. The summed E-state index contributed by atoms with van der Waals surface area (Å²) in [6, 6.07) is 9.47. The second kappa shape index (κ2) is 4.14. The Morgan fingerprint density at radius 1 is 1.14 bits per heavy atom. The zero-order valence-corrected chi connectivity index (χ0v) is 9.09. The van der Waals surface area contributed by atoms with Crippen LogP contribution in [0.4, 0.5) is 0 Å². The third kappa shape index (κ3) is 1.57. The van der Waals surface area contributed by atoms with Crippen LogP contribution in [0.2, 0.25) is 0 Å². The van der Waals surface area contributed by atoms with Crippen LogP contribution in [0.25, 0.3) is 0 Å². The molecule has 1 nitrogen and oxygen atoms in total. The molecular weight excluding hydrogens is 170 g/mol. The van der Waals surface area contributed by atoms with E-state index in [2.05, 4.69) is 43.4 Å². The molecule has 2 unspecified atom stereocenters. The lowest BCUT2D eigenvalue weighted by Gasteiger charge is -2.31. The second-order valence-electron chi connectivity index (χ2n) is 4.10. The van der Waals surface area contributed by atoms with Gasteiger partial charge in [0.1, 0.15) is 0 Å². The average Bonchev–Trinajstić information content (AvgIpc) is 2.27. The minimum Gasteiger partial charge on any atom is -0.309 e. The highest BCUT2D eigenvalue weighted by molar-refractivity contribution is 5.35. The summed E-state index contributed by atoms with van der Waals surface area (Å²) in [7, 11) is 0. The van der Waals surface area contributed by atoms with E-state index >= 15 is 0 Å². The Labute approximate surface area is 86.5 Å². The summed E-state index contributed by atoms with van der Waals surface area (Å²) in [6.07, 6.45) is 2.42. The lowest BCUT2D eigenvalue weighted by molar-refractivity contribution is 0.438. The van der Waals surface area contributed by atoms with Gasteiger partial charge in [-0.3, -0.25) is 0 Å². The summed E-state index contributed by atoms with van der Waals surface area (Å²) in [5.74, 6) is 0.717. The highest BCUT2D eigenvalue weighted by Crippen LogP contribution is 2.32. The van der Waals surface area contributed by atoms with E-state index in [-0.39, 0.29) is 0 Å². The zero-order chi connectivity index (χ0) is 9.97. The van der Waals surface area contributed by atoms with E-state index in [4.69, 9.17) is 0 Å². The van der Waals surface area contributed by atoms with Gasteiger partial charge in [0.25, 0.3) is 0 Å². The van der Waals surface area contributed by atoms with Crippen LogP contribution in [0.3, 0.4) is 0 Å². The molecule has 1 aliphatic heterocycles. The van der Waals surface area contributed by atoms with Crippen molar-refractivity contribution in [1.29, 1.82) is 0 Å². The summed E-state index contributed by atoms with van der Waals surface area (Å²) in [4.78, 5) is 0. The average molecular weight is 189 g/mol. The molecule has 0 spiro atoms. The standard InChI is InChI=1S/C13H19N/c1-3-10-9-14-13(4-2)12-8-6-5-7-11(10)12/h5-8,10,13-14H,3-4,9H2,1-2H3. The Hall–Kier alpha value is -0.820. The van der Waals surface area contributed by atoms with Crippen LogP contribution in [0.15, 0.2) is 24.3 Å². The van der Waals surface area contributed by atoms with Gasteiger partial charge in [0.05, 0.1) is 0 Å². The van der Waals surface area contributed by atoms with Crippen LogP contribution in [0.1, 0.15) is 49.8 Å². The van der Waals surface area contributed by atoms with E-state index in [1.165, 1.54) is 18.4 Å². The Bertz CT molecular complexity index is 275. The Morgan fingerprint density at radius 2 is 1.86 bits per heavy atom. The molecule has 76 valence electrons. The van der Waals surface area contributed by atoms with E-state index in [1.54, 1.807) is 5.56 Å². The maximum atomic E-state index is 3.63. The zero-order valence-electron chi connectivity index (χ0n) is 9.09. The first kappa shape index (κ1) is 9.72. The predicted molar refractivity (Wildman–Crippen MR) is 60.5 cm³/mol. The predicted octanol–water partition coefficient (Wildman–Crippen LogP) is 3.23. The summed E-state index contributed by atoms with van der Waals surface area (Å²) >= 11 is 0. The summed E-state index contributed by atoms with van der Waals surface area (Å²) < 4.78 is 0. The molecule has 1 aliphatic rings. The Balaban J connectivity index is 2.38. The van der Waals surface area contributed by atoms with Crippen molar-refractivity contribution in [3.05, 3.63) is 35.4 Å². The van der Waals surface area contributed by atoms with Gasteiger partial charge in [-0.05, 0) is 29.9 Å². The lowest BCUT2D eigenvalue weighted by Crippen LogP contribution is -2.32. The largest absolute Gasteiger partial charge is 0.309 e. The second-order valence-corrected chi connectivity index (χ2v) is 4.10. The fraction of sp³-hybridized carbons (Fsp3) is 0.538. The van der Waals surface area contributed by atoms with Gasteiger partial charge in [0.15, 0.2) is 0 Å².